The maximum Gasteiger partial charge on any atom is 0.249 e. The van der Waals surface area contributed by atoms with Gasteiger partial charge in [0.05, 0.1) is 26.4 Å². The van der Waals surface area contributed by atoms with Crippen LogP contribution in [-0.2, 0) is 25.6 Å². The molecule has 1 aromatic carbocycles. The highest BCUT2D eigenvalue weighted by Gasteiger charge is 2.27. The first-order chi connectivity index (χ1) is 12.7. The summed E-state index contributed by atoms with van der Waals surface area (Å²) >= 11 is 0. The topological polar surface area (TPSA) is 68.3 Å². The van der Waals surface area contributed by atoms with E-state index >= 15 is 0 Å². The lowest BCUT2D eigenvalue weighted by molar-refractivity contribution is -0.148. The molecule has 2 amide bonds. The quantitative estimate of drug-likeness (QED) is 0.726. The van der Waals surface area contributed by atoms with Crippen LogP contribution < -0.4 is 4.74 Å². The molecule has 1 unspecified atom stereocenters. The van der Waals surface area contributed by atoms with E-state index in [-0.39, 0.29) is 31.1 Å². The van der Waals surface area contributed by atoms with Gasteiger partial charge in [0.2, 0.25) is 11.8 Å². The molecule has 2 aliphatic rings. The van der Waals surface area contributed by atoms with Gasteiger partial charge in [-0.15, -0.1) is 0 Å². The Morgan fingerprint density at radius 2 is 2.08 bits per heavy atom. The predicted molar refractivity (Wildman–Crippen MR) is 94.8 cm³/mol. The lowest BCUT2D eigenvalue weighted by Gasteiger charge is -2.34. The second-order valence-electron chi connectivity index (χ2n) is 6.63. The smallest absolute Gasteiger partial charge is 0.249 e. The van der Waals surface area contributed by atoms with E-state index in [0.29, 0.717) is 26.2 Å². The summed E-state index contributed by atoms with van der Waals surface area (Å²) < 4.78 is 16.1. The third kappa shape index (κ3) is 4.95. The summed E-state index contributed by atoms with van der Waals surface area (Å²) in [7, 11) is 1.62. The molecule has 1 aromatic rings. The fourth-order valence-electron chi connectivity index (χ4n) is 3.18. The van der Waals surface area contributed by atoms with Gasteiger partial charge in [0, 0.05) is 26.2 Å². The molecule has 0 N–H and O–H groups in total. The number of carbonyl (C=O) groups is 2. The summed E-state index contributed by atoms with van der Waals surface area (Å²) in [6.45, 7) is 2.93. The van der Waals surface area contributed by atoms with Crippen LogP contribution in [0.3, 0.4) is 0 Å². The van der Waals surface area contributed by atoms with Gasteiger partial charge in [-0.05, 0) is 30.5 Å². The summed E-state index contributed by atoms with van der Waals surface area (Å²) in [5.74, 6) is 0.610. The first kappa shape index (κ1) is 18.7. The van der Waals surface area contributed by atoms with E-state index in [2.05, 4.69) is 0 Å². The molecule has 7 heteroatoms. The molecule has 0 aromatic heterocycles. The molecular weight excluding hydrogens is 336 g/mol. The molecule has 26 heavy (non-hydrogen) atoms. The Labute approximate surface area is 153 Å². The highest BCUT2D eigenvalue weighted by molar-refractivity contribution is 5.86. The van der Waals surface area contributed by atoms with Crippen molar-refractivity contribution in [3.8, 4) is 5.75 Å². The number of ether oxygens (including phenoxy) is 3. The first-order valence-corrected chi connectivity index (χ1v) is 9.03. The highest BCUT2D eigenvalue weighted by Crippen LogP contribution is 2.15. The lowest BCUT2D eigenvalue weighted by Crippen LogP contribution is -2.52. The second kappa shape index (κ2) is 9.00. The van der Waals surface area contributed by atoms with Gasteiger partial charge in [0.1, 0.15) is 12.4 Å². The zero-order chi connectivity index (χ0) is 18.4. The van der Waals surface area contributed by atoms with Crippen molar-refractivity contribution >= 4 is 11.8 Å². The molecule has 0 bridgehead atoms. The first-order valence-electron chi connectivity index (χ1n) is 9.03. The molecule has 7 nitrogen and oxygen atoms in total. The van der Waals surface area contributed by atoms with Crippen LogP contribution >= 0.6 is 0 Å². The molecule has 2 aliphatic heterocycles. The number of hydrogen-bond acceptors (Lipinski definition) is 5. The van der Waals surface area contributed by atoms with Crippen LogP contribution in [0.4, 0.5) is 0 Å². The van der Waals surface area contributed by atoms with Gasteiger partial charge in [-0.3, -0.25) is 9.59 Å². The van der Waals surface area contributed by atoms with E-state index in [1.165, 1.54) is 0 Å². The molecule has 3 rings (SSSR count). The summed E-state index contributed by atoms with van der Waals surface area (Å²) in [4.78, 5) is 27.9. The monoisotopic (exact) mass is 362 g/mol. The van der Waals surface area contributed by atoms with Gasteiger partial charge in [0.25, 0.3) is 0 Å². The van der Waals surface area contributed by atoms with E-state index in [1.54, 1.807) is 16.9 Å². The molecular formula is C19H26N2O5. The maximum absolute atomic E-state index is 12.4. The van der Waals surface area contributed by atoms with Gasteiger partial charge in [-0.2, -0.15) is 0 Å². The van der Waals surface area contributed by atoms with Crippen LogP contribution in [0.25, 0.3) is 0 Å². The number of methoxy groups -OCH3 is 1. The molecule has 0 saturated carbocycles. The van der Waals surface area contributed by atoms with E-state index in [9.17, 15) is 9.59 Å². The predicted octanol–water partition coefficient (Wildman–Crippen LogP) is 1.06. The largest absolute Gasteiger partial charge is 0.497 e. The fourth-order valence-corrected chi connectivity index (χ4v) is 3.18. The third-order valence-electron chi connectivity index (χ3n) is 4.76. The Morgan fingerprint density at radius 1 is 1.27 bits per heavy atom. The summed E-state index contributed by atoms with van der Waals surface area (Å²) in [5.41, 5.74) is 1.04. The lowest BCUT2D eigenvalue weighted by atomic mass is 10.2. The normalized spacial score (nSPS) is 20.5. The zero-order valence-corrected chi connectivity index (χ0v) is 15.2. The fraction of sp³-hybridized carbons (Fsp3) is 0.579. The van der Waals surface area contributed by atoms with E-state index in [4.69, 9.17) is 14.2 Å². The third-order valence-corrected chi connectivity index (χ3v) is 4.76. The Bertz CT molecular complexity index is 613. The van der Waals surface area contributed by atoms with Crippen molar-refractivity contribution in [2.75, 3.05) is 46.6 Å². The van der Waals surface area contributed by atoms with Gasteiger partial charge >= 0.3 is 0 Å². The number of carbonyl (C=O) groups excluding carboxylic acids is 2. The summed E-state index contributed by atoms with van der Waals surface area (Å²) in [5, 5.41) is 0. The standard InChI is InChI=1S/C19H26N2O5/c1-24-16-6-4-15(5-7-16)11-20-8-9-21(12-18(20)22)19(23)14-25-13-17-3-2-10-26-17/h4-7,17H,2-3,8-14H2,1H3. The number of piperazine rings is 1. The second-order valence-corrected chi connectivity index (χ2v) is 6.63. The van der Waals surface area contributed by atoms with Crippen LogP contribution in [-0.4, -0.2) is 74.3 Å². The van der Waals surface area contributed by atoms with Gasteiger partial charge in [-0.1, -0.05) is 12.1 Å². The highest BCUT2D eigenvalue weighted by atomic mass is 16.5. The average molecular weight is 362 g/mol. The Morgan fingerprint density at radius 3 is 2.73 bits per heavy atom. The van der Waals surface area contributed by atoms with Crippen LogP contribution in [0.2, 0.25) is 0 Å². The average Bonchev–Trinajstić information content (AvgIpc) is 3.17. The maximum atomic E-state index is 12.4. The molecule has 2 saturated heterocycles. The van der Waals surface area contributed by atoms with E-state index in [0.717, 1.165) is 30.8 Å². The van der Waals surface area contributed by atoms with Gasteiger partial charge < -0.3 is 24.0 Å². The van der Waals surface area contributed by atoms with Crippen LogP contribution in [0.15, 0.2) is 24.3 Å². The van der Waals surface area contributed by atoms with Crippen LogP contribution in [0.1, 0.15) is 18.4 Å². The van der Waals surface area contributed by atoms with Crippen molar-refractivity contribution in [3.05, 3.63) is 29.8 Å². The van der Waals surface area contributed by atoms with Crippen molar-refractivity contribution in [1.82, 2.24) is 9.80 Å². The number of rotatable bonds is 7. The van der Waals surface area contributed by atoms with Crippen LogP contribution in [0, 0.1) is 0 Å². The van der Waals surface area contributed by atoms with Crippen molar-refractivity contribution in [2.24, 2.45) is 0 Å². The Kier molecular flexibility index (Phi) is 6.46. The van der Waals surface area contributed by atoms with Gasteiger partial charge in [0.15, 0.2) is 0 Å². The molecule has 142 valence electrons. The molecule has 0 aliphatic carbocycles. The van der Waals surface area contributed by atoms with Crippen molar-refractivity contribution in [3.63, 3.8) is 0 Å². The molecule has 1 atom stereocenters. The summed E-state index contributed by atoms with van der Waals surface area (Å²) in [6, 6.07) is 7.65. The van der Waals surface area contributed by atoms with Gasteiger partial charge in [-0.25, -0.2) is 0 Å². The number of benzene rings is 1. The summed E-state index contributed by atoms with van der Waals surface area (Å²) in [6.07, 6.45) is 2.13. The van der Waals surface area contributed by atoms with E-state index in [1.807, 2.05) is 24.3 Å². The molecule has 2 heterocycles. The minimum Gasteiger partial charge on any atom is -0.497 e. The number of amides is 2. The minimum atomic E-state index is -0.138. The van der Waals surface area contributed by atoms with Crippen molar-refractivity contribution < 1.29 is 23.8 Å². The number of nitrogens with zero attached hydrogens (tertiary/aromatic N) is 2. The molecule has 2 fully saturated rings. The number of hydrogen-bond donors (Lipinski definition) is 0. The zero-order valence-electron chi connectivity index (χ0n) is 15.2. The van der Waals surface area contributed by atoms with Crippen molar-refractivity contribution in [2.45, 2.75) is 25.5 Å². The Hall–Kier alpha value is -2.12. The SMILES string of the molecule is COc1ccc(CN2CCN(C(=O)COCC3CCCO3)CC2=O)cc1. The molecule has 0 radical (unpaired) electrons. The minimum absolute atomic E-state index is 0.00558. The molecule has 0 spiro atoms. The van der Waals surface area contributed by atoms with Crippen molar-refractivity contribution in [1.29, 1.82) is 0 Å². The van der Waals surface area contributed by atoms with Crippen LogP contribution in [0.5, 0.6) is 5.75 Å². The van der Waals surface area contributed by atoms with E-state index < -0.39 is 0 Å². The Balaban J connectivity index is 1.41.